The topological polar surface area (TPSA) is 337 Å². The van der Waals surface area contributed by atoms with Crippen LogP contribution in [0.3, 0.4) is 0 Å². The first kappa shape index (κ1) is 112. The molecule has 0 spiro atoms. The van der Waals surface area contributed by atoms with E-state index in [1.807, 2.05) is 0 Å². The Kier molecular flexibility index (Phi) is 45.4. The Labute approximate surface area is 806 Å². The molecule has 0 saturated carbocycles. The summed E-state index contributed by atoms with van der Waals surface area (Å²) in [6.45, 7) is 23.4. The molecule has 0 bridgehead atoms. The average Bonchev–Trinajstić information content (AvgIpc) is 0.754. The number of hydrogen-bond donors (Lipinski definition) is 0. The van der Waals surface area contributed by atoms with Gasteiger partial charge in [0.05, 0.1) is 102 Å². The third kappa shape index (κ3) is 40.1. The van der Waals surface area contributed by atoms with Gasteiger partial charge in [-0.3, -0.25) is 0 Å². The van der Waals surface area contributed by atoms with Crippen LogP contribution in [0.5, 0.6) is 69.0 Å². The van der Waals surface area contributed by atoms with E-state index in [1.54, 1.807) is 79.7 Å². The average molecular weight is 1990 g/mol. The summed E-state index contributed by atoms with van der Waals surface area (Å²) in [5, 5.41) is 0. The van der Waals surface area contributed by atoms with E-state index in [0.717, 1.165) is 108 Å². The van der Waals surface area contributed by atoms with E-state index in [2.05, 4.69) is 48.9 Å². The number of benzene rings is 9. The molecule has 0 aliphatic heterocycles. The fourth-order valence-corrected chi connectivity index (χ4v) is 11.2. The molecule has 0 saturated heterocycles. The second kappa shape index (κ2) is 57.4. The zero-order valence-corrected chi connectivity index (χ0v) is 75.8. The Balaban J connectivity index is 0.000000290. The Morgan fingerprint density at radius 1 is 0.275 bits per heavy atom. The van der Waals surface area contributed by atoms with E-state index in [1.165, 1.54) is 66.7 Å². The second-order valence-electron chi connectivity index (χ2n) is 28.5. The molecule has 9 aromatic carbocycles. The predicted molar refractivity (Wildman–Crippen MR) is 489 cm³/mol. The lowest BCUT2D eigenvalue weighted by molar-refractivity contribution is -0.189. The Morgan fingerprint density at radius 3 is 0.824 bits per heavy atom. The fourth-order valence-electron chi connectivity index (χ4n) is 11.2. The number of esters is 10. The van der Waals surface area contributed by atoms with E-state index in [4.69, 9.17) is 75.8 Å². The van der Waals surface area contributed by atoms with E-state index >= 15 is 0 Å². The first-order valence-corrected chi connectivity index (χ1v) is 42.6. The van der Waals surface area contributed by atoms with Crippen molar-refractivity contribution in [2.75, 3.05) is 79.3 Å². The van der Waals surface area contributed by atoms with Crippen LogP contribution in [0.1, 0.15) is 98.2 Å². The number of halogens is 11. The van der Waals surface area contributed by atoms with Gasteiger partial charge < -0.3 is 85.3 Å². The molecular formula is C103H93F11O28. The standard InChI is InChI=1S/C37H36O10.C34H28F6O10.C32H29F5O8/c1-4-34(38)44-24-6-22-42-30-14-8-28(9-15-30)12-20-36(40)46-32-18-19-33(27(3)26-32)47-37(41)21-13-29-10-16-31(17-11-29)43-23-7-25-45-35(39)5-2;1-3-27(41)47-19-5-17-45-23-11-7-21(8-12-23)31(43)49-25-15-16-26(30(34(38,39)40)29(25)33(35,36)37)50-32(44)22-9-13-24(14-10-22)46-18-6-20-48-28(42)4-2;1-3-29(38)42-19-5-17-40-24-11-7-22(8-12-24)31(34,35)44-26-15-16-28(27(33)21-26)45-32(36,37)23-9-13-25(14-10-23)41-18-6-20-43-30(39)4-2/h4-5,8-21,26H,1-2,6-7,22-25H2,3H3;3-4,7-16H,1-2,5-6,17-20H2;3-4,7-16,21H,1-2,5-6,17-20H2/b20-12+,21-13+;;. The monoisotopic (exact) mass is 1990 g/mol. The number of hydrogen-bond acceptors (Lipinski definition) is 28. The van der Waals surface area contributed by atoms with Gasteiger partial charge in [-0.2, -0.15) is 43.9 Å². The van der Waals surface area contributed by atoms with Crippen molar-refractivity contribution >= 4 is 71.8 Å². The van der Waals surface area contributed by atoms with Gasteiger partial charge in [0, 0.05) is 93.2 Å². The molecule has 0 aliphatic carbocycles. The SMILES string of the molecule is C=CC(=O)OCCCOc1ccc(/C=C/C(=O)Oc2ccc(OC(=O)/C=C/c3ccc(OCCCOC(=O)C=C)cc3)c(C)c2)cc1.C=CC(=O)OCCCOc1ccc(C(=O)Oc2ccc(OC(=O)c3ccc(OCCCOC(=O)C=C)cc3)c(C(F)(F)F)c2C(F)(F)F)cc1.C=CC(=O)OCCCOc1ccc(C(F)(F)Oc2ccc(OC(F)(F)c3ccc(OCCCOC(=O)C=C)cc3)c(F)c2)cc1. The van der Waals surface area contributed by atoms with Crippen molar-refractivity contribution in [1.29, 1.82) is 0 Å². The molecule has 142 heavy (non-hydrogen) atoms. The highest BCUT2D eigenvalue weighted by molar-refractivity contribution is 5.93. The van der Waals surface area contributed by atoms with Crippen molar-refractivity contribution in [3.63, 3.8) is 0 Å². The molecule has 39 heteroatoms. The predicted octanol–water partition coefficient (Wildman–Crippen LogP) is 20.5. The lowest BCUT2D eigenvalue weighted by Gasteiger charge is -2.21. The lowest BCUT2D eigenvalue weighted by Crippen LogP contribution is -2.23. The molecular weight excluding hydrogens is 1890 g/mol. The summed E-state index contributed by atoms with van der Waals surface area (Å²) in [7, 11) is 0. The zero-order valence-electron chi connectivity index (χ0n) is 75.8. The van der Waals surface area contributed by atoms with Crippen LogP contribution in [0.2, 0.25) is 0 Å². The summed E-state index contributed by atoms with van der Waals surface area (Å²) in [6.07, 6.45) is -4.84. The molecule has 0 amide bonds. The van der Waals surface area contributed by atoms with Gasteiger partial charge in [0.25, 0.3) is 0 Å². The largest absolute Gasteiger partial charge is 0.493 e. The summed E-state index contributed by atoms with van der Waals surface area (Å²) in [6, 6.07) is 40.6. The molecule has 0 unspecified atom stereocenters. The maximum atomic E-state index is 14.7. The Bertz CT molecular complexity index is 5720. The smallest absolute Gasteiger partial charge is 0.426 e. The molecule has 0 aliphatic rings. The minimum atomic E-state index is -5.72. The van der Waals surface area contributed by atoms with Gasteiger partial charge in [-0.05, 0) is 200 Å². The van der Waals surface area contributed by atoms with Crippen LogP contribution in [0.15, 0.2) is 282 Å². The molecule has 9 rings (SSSR count). The molecule has 0 aromatic heterocycles. The highest BCUT2D eigenvalue weighted by Gasteiger charge is 2.49. The number of carbonyl (C=O) groups excluding carboxylic acids is 10. The molecule has 0 heterocycles. The van der Waals surface area contributed by atoms with Crippen LogP contribution in [0.25, 0.3) is 12.2 Å². The minimum Gasteiger partial charge on any atom is -0.493 e. The van der Waals surface area contributed by atoms with Gasteiger partial charge in [0.1, 0.15) is 74.4 Å². The van der Waals surface area contributed by atoms with Crippen molar-refractivity contribution in [3.05, 3.63) is 338 Å². The molecule has 0 radical (unpaired) electrons. The quantitative estimate of drug-likeness (QED) is 0.00853. The van der Waals surface area contributed by atoms with E-state index in [-0.39, 0.29) is 100 Å². The van der Waals surface area contributed by atoms with Gasteiger partial charge in [0.2, 0.25) is 0 Å². The van der Waals surface area contributed by atoms with E-state index in [0.29, 0.717) is 98.5 Å². The third-order valence-electron chi connectivity index (χ3n) is 18.0. The maximum Gasteiger partial charge on any atom is 0.426 e. The Morgan fingerprint density at radius 2 is 0.535 bits per heavy atom. The molecule has 750 valence electrons. The van der Waals surface area contributed by atoms with E-state index < -0.39 is 135 Å². The number of aryl methyl sites for hydroxylation is 1. The molecule has 0 atom stereocenters. The first-order valence-electron chi connectivity index (χ1n) is 42.6. The van der Waals surface area contributed by atoms with Crippen LogP contribution < -0.4 is 56.8 Å². The summed E-state index contributed by atoms with van der Waals surface area (Å²) < 4.78 is 250. The van der Waals surface area contributed by atoms with Gasteiger partial charge in [-0.1, -0.05) is 63.7 Å². The zero-order chi connectivity index (χ0) is 104. The number of rotatable bonds is 52. The van der Waals surface area contributed by atoms with Crippen LogP contribution in [-0.2, 0) is 91.3 Å². The molecule has 28 nitrogen and oxygen atoms in total. The van der Waals surface area contributed by atoms with Crippen molar-refractivity contribution in [2.24, 2.45) is 0 Å². The third-order valence-corrected chi connectivity index (χ3v) is 18.0. The second-order valence-corrected chi connectivity index (χ2v) is 28.5. The fraction of sp³-hybridized carbons (Fsp3) is 0.223. The van der Waals surface area contributed by atoms with Crippen LogP contribution in [-0.4, -0.2) is 139 Å². The van der Waals surface area contributed by atoms with Crippen molar-refractivity contribution in [2.45, 2.75) is 70.0 Å². The molecule has 0 fully saturated rings. The number of carbonyl (C=O) groups is 10. The highest BCUT2D eigenvalue weighted by Crippen LogP contribution is 2.50. The molecule has 0 N–H and O–H groups in total. The lowest BCUT2D eigenvalue weighted by atomic mass is 10.0. The molecule has 9 aromatic rings. The van der Waals surface area contributed by atoms with Crippen molar-refractivity contribution in [1.82, 2.24) is 0 Å². The summed E-state index contributed by atoms with van der Waals surface area (Å²) in [5.41, 5.74) is -4.47. The van der Waals surface area contributed by atoms with Gasteiger partial charge in [-0.25, -0.2) is 52.3 Å². The van der Waals surface area contributed by atoms with E-state index in [9.17, 15) is 96.2 Å². The highest BCUT2D eigenvalue weighted by atomic mass is 19.4. The summed E-state index contributed by atoms with van der Waals surface area (Å²) >= 11 is 0. The normalized spacial score (nSPS) is 11.0. The van der Waals surface area contributed by atoms with Gasteiger partial charge in [0.15, 0.2) is 11.6 Å². The Hall–Kier alpha value is -16.8. The number of ether oxygens (including phenoxy) is 18. The van der Waals surface area contributed by atoms with Crippen LogP contribution >= 0.6 is 0 Å². The van der Waals surface area contributed by atoms with Crippen LogP contribution in [0.4, 0.5) is 48.3 Å². The summed E-state index contributed by atoms with van der Waals surface area (Å²) in [4.78, 5) is 116. The minimum absolute atomic E-state index is 0.0392. The van der Waals surface area contributed by atoms with Crippen LogP contribution in [0, 0.1) is 12.7 Å². The van der Waals surface area contributed by atoms with Gasteiger partial charge in [-0.15, -0.1) is 0 Å². The van der Waals surface area contributed by atoms with Gasteiger partial charge >= 0.3 is 84.3 Å². The van der Waals surface area contributed by atoms with Crippen molar-refractivity contribution in [3.8, 4) is 69.0 Å². The summed E-state index contributed by atoms with van der Waals surface area (Å²) in [5.74, 6) is -10.3. The number of alkyl halides is 10. The maximum absolute atomic E-state index is 14.7. The van der Waals surface area contributed by atoms with Crippen molar-refractivity contribution < 1.29 is 182 Å². The first-order chi connectivity index (χ1) is 67.8.